The Bertz CT molecular complexity index is 1040. The number of ether oxygens (including phenoxy) is 5. The summed E-state index contributed by atoms with van der Waals surface area (Å²) in [5.74, 6) is -1.72. The Morgan fingerprint density at radius 2 is 0.786 bits per heavy atom. The average Bonchev–Trinajstić information content (AvgIpc) is 3.18. The fourth-order valence-corrected chi connectivity index (χ4v) is 7.89. The van der Waals surface area contributed by atoms with Gasteiger partial charge < -0.3 is 23.7 Å². The smallest absolute Gasteiger partial charge is 0.296 e. The lowest BCUT2D eigenvalue weighted by Crippen LogP contribution is -2.45. The van der Waals surface area contributed by atoms with Gasteiger partial charge in [0.1, 0.15) is 0 Å². The lowest BCUT2D eigenvalue weighted by Gasteiger charge is -2.32. The van der Waals surface area contributed by atoms with Crippen molar-refractivity contribution in [2.45, 2.75) is 225 Å². The summed E-state index contributed by atoms with van der Waals surface area (Å²) in [5, 5.41) is 0. The van der Waals surface area contributed by atoms with Crippen LogP contribution in [-0.4, -0.2) is 59.9 Å². The zero-order valence-electron chi connectivity index (χ0n) is 37.3. The Morgan fingerprint density at radius 3 is 1.16 bits per heavy atom. The summed E-state index contributed by atoms with van der Waals surface area (Å²) >= 11 is 0. The van der Waals surface area contributed by atoms with E-state index in [1.807, 2.05) is 34.6 Å². The van der Waals surface area contributed by atoms with Gasteiger partial charge in [-0.3, -0.25) is 9.92 Å². The molecule has 0 atom stereocenters. The summed E-state index contributed by atoms with van der Waals surface area (Å²) in [7, 11) is -3.57. The molecule has 1 aromatic rings. The molecule has 56 heavy (non-hydrogen) atoms. The highest BCUT2D eigenvalue weighted by molar-refractivity contribution is 7.86. The van der Waals surface area contributed by atoms with E-state index >= 15 is 0 Å². The number of rotatable bonds is 40. The minimum atomic E-state index is -3.57. The first-order chi connectivity index (χ1) is 27.2. The molecule has 0 aliphatic carbocycles. The van der Waals surface area contributed by atoms with Crippen molar-refractivity contribution < 1.29 is 36.3 Å². The summed E-state index contributed by atoms with van der Waals surface area (Å²) in [6, 6.07) is 8.33. The molecule has 1 aromatic carbocycles. The SMILES string of the molecule is CCCCCCCCCCCCOS(=O)(=O)c1ccccc1.CCOC(N)(CCCCCCCCCCCCCCCCC(OCC)(OCC)OCC)OCC. The number of benzene rings is 1. The molecule has 10 heteroatoms. The fraction of sp³-hybridized carbons (Fsp3) is 0.870. The van der Waals surface area contributed by atoms with Gasteiger partial charge in [0.05, 0.1) is 11.5 Å². The second kappa shape index (κ2) is 38.1. The van der Waals surface area contributed by atoms with Gasteiger partial charge in [-0.2, -0.15) is 8.42 Å². The van der Waals surface area contributed by atoms with Gasteiger partial charge in [0.2, 0.25) is 5.91 Å². The maximum absolute atomic E-state index is 11.9. The van der Waals surface area contributed by atoms with E-state index < -0.39 is 22.0 Å². The van der Waals surface area contributed by atoms with E-state index in [0.29, 0.717) is 33.0 Å². The largest absolute Gasteiger partial charge is 0.338 e. The summed E-state index contributed by atoms with van der Waals surface area (Å²) in [6.45, 7) is 15.4. The Kier molecular flexibility index (Phi) is 37.4. The van der Waals surface area contributed by atoms with Crippen molar-refractivity contribution in [1.82, 2.24) is 0 Å². The predicted molar refractivity (Wildman–Crippen MR) is 233 cm³/mol. The summed E-state index contributed by atoms with van der Waals surface area (Å²) < 4.78 is 57.3. The minimum Gasteiger partial charge on any atom is -0.338 e. The summed E-state index contributed by atoms with van der Waals surface area (Å²) in [5.41, 5.74) is 6.16. The Hall–Kier alpha value is -1.11. The highest BCUT2D eigenvalue weighted by atomic mass is 32.2. The van der Waals surface area contributed by atoms with Gasteiger partial charge >= 0.3 is 0 Å². The van der Waals surface area contributed by atoms with Crippen molar-refractivity contribution in [3.8, 4) is 0 Å². The Labute approximate surface area is 346 Å². The first-order valence-electron chi connectivity index (χ1n) is 23.1. The number of nitrogens with two attached hydrogens (primary N) is 1. The molecular weight excluding hydrogens is 727 g/mol. The first-order valence-corrected chi connectivity index (χ1v) is 24.5. The van der Waals surface area contributed by atoms with Gasteiger partial charge in [0, 0.05) is 45.9 Å². The third-order valence-electron chi connectivity index (χ3n) is 9.90. The number of hydrogen-bond acceptors (Lipinski definition) is 9. The van der Waals surface area contributed by atoms with Gasteiger partial charge in [0.15, 0.2) is 0 Å². The molecular formula is C46H89NO8S. The zero-order chi connectivity index (χ0) is 41.5. The maximum atomic E-state index is 11.9. The predicted octanol–water partition coefficient (Wildman–Crippen LogP) is 13.0. The number of unbranched alkanes of at least 4 members (excludes halogenated alkanes) is 22. The van der Waals surface area contributed by atoms with Crippen LogP contribution in [0.15, 0.2) is 35.2 Å². The van der Waals surface area contributed by atoms with E-state index in [0.717, 1.165) is 38.5 Å². The molecule has 9 nitrogen and oxygen atoms in total. The third-order valence-corrected chi connectivity index (χ3v) is 11.2. The van der Waals surface area contributed by atoms with E-state index in [1.54, 1.807) is 30.3 Å². The molecule has 0 bridgehead atoms. The highest BCUT2D eigenvalue weighted by Crippen LogP contribution is 2.24. The van der Waals surface area contributed by atoms with Crippen molar-refractivity contribution in [3.63, 3.8) is 0 Å². The topological polar surface area (TPSA) is 116 Å². The van der Waals surface area contributed by atoms with Crippen LogP contribution in [0.1, 0.15) is 208 Å². The molecule has 0 aliphatic heterocycles. The molecule has 0 heterocycles. The first kappa shape index (κ1) is 54.9. The normalized spacial score (nSPS) is 12.2. The van der Waals surface area contributed by atoms with Crippen molar-refractivity contribution in [1.29, 1.82) is 0 Å². The summed E-state index contributed by atoms with van der Waals surface area (Å²) in [6.07, 6.45) is 31.9. The Balaban J connectivity index is 0.00000118. The van der Waals surface area contributed by atoms with E-state index in [1.165, 1.54) is 128 Å². The second-order valence-electron chi connectivity index (χ2n) is 14.9. The van der Waals surface area contributed by atoms with Crippen molar-refractivity contribution >= 4 is 10.1 Å². The summed E-state index contributed by atoms with van der Waals surface area (Å²) in [4.78, 5) is 0.238. The van der Waals surface area contributed by atoms with Crippen LogP contribution in [0.2, 0.25) is 0 Å². The molecule has 0 unspecified atom stereocenters. The van der Waals surface area contributed by atoms with Crippen LogP contribution in [0.25, 0.3) is 0 Å². The van der Waals surface area contributed by atoms with Gasteiger partial charge in [0.25, 0.3) is 16.1 Å². The van der Waals surface area contributed by atoms with Gasteiger partial charge in [-0.15, -0.1) is 0 Å². The van der Waals surface area contributed by atoms with Crippen molar-refractivity contribution in [2.24, 2.45) is 5.73 Å². The maximum Gasteiger partial charge on any atom is 0.296 e. The quantitative estimate of drug-likeness (QED) is 0.0393. The van der Waals surface area contributed by atoms with Crippen molar-refractivity contribution in [2.75, 3.05) is 39.6 Å². The second-order valence-corrected chi connectivity index (χ2v) is 16.5. The van der Waals surface area contributed by atoms with E-state index in [2.05, 4.69) is 6.92 Å². The molecule has 0 saturated carbocycles. The van der Waals surface area contributed by atoms with E-state index in [-0.39, 0.29) is 11.5 Å². The molecule has 332 valence electrons. The standard InChI is InChI=1S/C28H59NO5.C18H30O3S/c1-6-30-27(29,31-7-2)25-23-21-19-17-15-13-11-12-14-16-18-20-22-24-26-28(32-8-3,33-9-4)34-10-5;1-2-3-4-5-6-7-8-9-10-14-17-21-22(19,20)18-15-12-11-13-16-18/h6-26,29H2,1-5H3;11-13,15-16H,2-10,14,17H2,1H3. The van der Waals surface area contributed by atoms with Gasteiger partial charge in [-0.05, 0) is 66.0 Å². The van der Waals surface area contributed by atoms with Crippen LogP contribution in [0.5, 0.6) is 0 Å². The van der Waals surface area contributed by atoms with Crippen LogP contribution >= 0.6 is 0 Å². The Morgan fingerprint density at radius 1 is 0.446 bits per heavy atom. The molecule has 0 radical (unpaired) electrons. The molecule has 2 N–H and O–H groups in total. The molecule has 0 saturated heterocycles. The molecule has 1 rings (SSSR count). The van der Waals surface area contributed by atoms with Crippen LogP contribution < -0.4 is 5.73 Å². The van der Waals surface area contributed by atoms with Gasteiger partial charge in [-0.1, -0.05) is 160 Å². The zero-order valence-corrected chi connectivity index (χ0v) is 38.1. The lowest BCUT2D eigenvalue weighted by molar-refractivity contribution is -0.380. The fourth-order valence-electron chi connectivity index (χ4n) is 6.92. The molecule has 0 amide bonds. The lowest BCUT2D eigenvalue weighted by atomic mass is 10.0. The van der Waals surface area contributed by atoms with Crippen LogP contribution in [0.4, 0.5) is 0 Å². The number of hydrogen-bond donors (Lipinski definition) is 1. The minimum absolute atomic E-state index is 0.238. The van der Waals surface area contributed by atoms with Crippen molar-refractivity contribution in [3.05, 3.63) is 30.3 Å². The van der Waals surface area contributed by atoms with Gasteiger partial charge in [-0.25, -0.2) is 0 Å². The van der Waals surface area contributed by atoms with E-state index in [9.17, 15) is 8.42 Å². The highest BCUT2D eigenvalue weighted by Gasteiger charge is 2.31. The monoisotopic (exact) mass is 816 g/mol. The molecule has 0 aliphatic rings. The average molecular weight is 816 g/mol. The van der Waals surface area contributed by atoms with Crippen LogP contribution in [-0.2, 0) is 38.0 Å². The van der Waals surface area contributed by atoms with E-state index in [4.69, 9.17) is 33.6 Å². The molecule has 0 spiro atoms. The van der Waals surface area contributed by atoms with Crippen LogP contribution in [0.3, 0.4) is 0 Å². The van der Waals surface area contributed by atoms with Crippen LogP contribution in [0, 0.1) is 0 Å². The third kappa shape index (κ3) is 30.9. The molecule has 0 fully saturated rings. The molecule has 0 aromatic heterocycles.